The summed E-state index contributed by atoms with van der Waals surface area (Å²) in [4.78, 5) is 12.2. The van der Waals surface area contributed by atoms with Crippen LogP contribution in [-0.4, -0.2) is 11.1 Å². The lowest BCUT2D eigenvalue weighted by atomic mass is 10.2. The van der Waals surface area contributed by atoms with Crippen molar-refractivity contribution in [2.75, 3.05) is 0 Å². The van der Waals surface area contributed by atoms with Crippen molar-refractivity contribution < 1.29 is 9.18 Å². The summed E-state index contributed by atoms with van der Waals surface area (Å²) in [6.07, 6.45) is -1.40. The van der Waals surface area contributed by atoms with Gasteiger partial charge < -0.3 is 4.90 Å². The molecule has 0 bridgehead atoms. The number of rotatable bonds is 4. The highest BCUT2D eigenvalue weighted by Gasteiger charge is 2.13. The van der Waals surface area contributed by atoms with Gasteiger partial charge in [0.25, 0.3) is 0 Å². The Balaban J connectivity index is 2.08. The highest BCUT2D eigenvalue weighted by Crippen LogP contribution is 2.11. The second-order valence-corrected chi connectivity index (χ2v) is 4.08. The van der Waals surface area contributed by atoms with E-state index in [9.17, 15) is 9.18 Å². The van der Waals surface area contributed by atoms with Crippen molar-refractivity contribution in [1.82, 2.24) is 4.90 Å². The average molecular weight is 243 g/mol. The molecule has 0 aliphatic heterocycles. The van der Waals surface area contributed by atoms with Crippen LogP contribution in [0, 0.1) is 0 Å². The van der Waals surface area contributed by atoms with Crippen LogP contribution in [0.25, 0.3) is 0 Å². The van der Waals surface area contributed by atoms with E-state index in [4.69, 9.17) is 0 Å². The van der Waals surface area contributed by atoms with Gasteiger partial charge in [-0.15, -0.1) is 4.39 Å². The summed E-state index contributed by atoms with van der Waals surface area (Å²) in [7, 11) is 0. The molecule has 0 fully saturated rings. The average Bonchev–Trinajstić information content (AvgIpc) is 2.40. The first-order valence-corrected chi connectivity index (χ1v) is 5.78. The van der Waals surface area contributed by atoms with E-state index in [1.165, 1.54) is 4.90 Å². The van der Waals surface area contributed by atoms with Gasteiger partial charge in [-0.2, -0.15) is 0 Å². The summed E-state index contributed by atoms with van der Waals surface area (Å²) in [5, 5.41) is 0. The molecule has 0 atom stereocenters. The van der Waals surface area contributed by atoms with E-state index in [0.29, 0.717) is 0 Å². The maximum Gasteiger partial charge on any atom is 0.400 e. The second-order valence-electron chi connectivity index (χ2n) is 4.08. The Morgan fingerprint density at radius 2 is 1.22 bits per heavy atom. The molecule has 0 N–H and O–H groups in total. The van der Waals surface area contributed by atoms with Gasteiger partial charge in [-0.3, -0.25) is 0 Å². The van der Waals surface area contributed by atoms with Gasteiger partial charge in [-0.25, -0.2) is 4.79 Å². The van der Waals surface area contributed by atoms with Crippen LogP contribution in [0.1, 0.15) is 11.1 Å². The van der Waals surface area contributed by atoms with Crippen LogP contribution < -0.4 is 0 Å². The Labute approximate surface area is 106 Å². The minimum Gasteiger partial charge on any atom is -0.306 e. The molecule has 3 heteroatoms. The fourth-order valence-corrected chi connectivity index (χ4v) is 1.79. The molecule has 2 aromatic carbocycles. The molecule has 2 aromatic rings. The van der Waals surface area contributed by atoms with Gasteiger partial charge in [0.15, 0.2) is 0 Å². The van der Waals surface area contributed by atoms with E-state index in [2.05, 4.69) is 0 Å². The van der Waals surface area contributed by atoms with E-state index in [0.717, 1.165) is 11.1 Å². The summed E-state index contributed by atoms with van der Waals surface area (Å²) in [5.74, 6) is 0. The predicted molar refractivity (Wildman–Crippen MR) is 68.6 cm³/mol. The Kier molecular flexibility index (Phi) is 4.07. The zero-order valence-corrected chi connectivity index (χ0v) is 9.92. The summed E-state index contributed by atoms with van der Waals surface area (Å²) < 4.78 is 13.0. The van der Waals surface area contributed by atoms with E-state index in [1.807, 2.05) is 60.7 Å². The van der Waals surface area contributed by atoms with Crippen LogP contribution in [0.5, 0.6) is 0 Å². The van der Waals surface area contributed by atoms with Crippen molar-refractivity contribution in [2.45, 2.75) is 13.1 Å². The molecule has 0 aromatic heterocycles. The van der Waals surface area contributed by atoms with Gasteiger partial charge in [-0.1, -0.05) is 60.7 Å². The molecule has 0 unspecified atom stereocenters. The quantitative estimate of drug-likeness (QED) is 0.591. The maximum absolute atomic E-state index is 13.0. The van der Waals surface area contributed by atoms with Gasteiger partial charge in [0, 0.05) is 13.1 Å². The Morgan fingerprint density at radius 1 is 0.833 bits per heavy atom. The number of hydrogen-bond acceptors (Lipinski definition) is 1. The van der Waals surface area contributed by atoms with Crippen molar-refractivity contribution >= 4 is 6.16 Å². The fraction of sp³-hybridized carbons (Fsp3) is 0.133. The number of hydrogen-bond donors (Lipinski definition) is 0. The highest BCUT2D eigenvalue weighted by molar-refractivity contribution is 5.66. The van der Waals surface area contributed by atoms with Crippen LogP contribution in [0.4, 0.5) is 9.18 Å². The van der Waals surface area contributed by atoms with Crippen molar-refractivity contribution in [3.05, 3.63) is 71.8 Å². The Morgan fingerprint density at radius 3 is 1.56 bits per heavy atom. The maximum atomic E-state index is 13.0. The molecule has 2 nitrogen and oxygen atoms in total. The van der Waals surface area contributed by atoms with Crippen molar-refractivity contribution in [1.29, 1.82) is 0 Å². The molecule has 0 radical (unpaired) electrons. The zero-order chi connectivity index (χ0) is 12.8. The van der Waals surface area contributed by atoms with Crippen LogP contribution in [-0.2, 0) is 13.1 Å². The molecule has 92 valence electrons. The summed E-state index contributed by atoms with van der Waals surface area (Å²) >= 11 is 0. The minimum atomic E-state index is -1.40. The standard InChI is InChI=1S/C15H14FNO/c16-15(18)17(11-13-7-3-1-4-8-13)12-14-9-5-2-6-10-14/h1-10H,11-12H2. The van der Waals surface area contributed by atoms with Gasteiger partial charge >= 0.3 is 6.16 Å². The molecule has 0 saturated heterocycles. The van der Waals surface area contributed by atoms with Gasteiger partial charge in [0.2, 0.25) is 0 Å². The lowest BCUT2D eigenvalue weighted by Gasteiger charge is -2.18. The third kappa shape index (κ3) is 3.42. The number of nitrogens with zero attached hydrogens (tertiary/aromatic N) is 1. The van der Waals surface area contributed by atoms with Crippen LogP contribution in [0.15, 0.2) is 60.7 Å². The molecule has 0 heterocycles. The minimum absolute atomic E-state index is 0.283. The van der Waals surface area contributed by atoms with Crippen molar-refractivity contribution in [3.8, 4) is 0 Å². The van der Waals surface area contributed by atoms with Gasteiger partial charge in [-0.05, 0) is 11.1 Å². The number of halogens is 1. The van der Waals surface area contributed by atoms with E-state index < -0.39 is 6.16 Å². The third-order valence-electron chi connectivity index (χ3n) is 2.68. The smallest absolute Gasteiger partial charge is 0.306 e. The summed E-state index contributed by atoms with van der Waals surface area (Å²) in [6.45, 7) is 0.566. The SMILES string of the molecule is O=C(F)N(Cc1ccccc1)Cc1ccccc1. The normalized spacial score (nSPS) is 10.1. The highest BCUT2D eigenvalue weighted by atomic mass is 19.1. The summed E-state index contributed by atoms with van der Waals surface area (Å²) in [5.41, 5.74) is 1.83. The first-order chi connectivity index (χ1) is 8.75. The second kappa shape index (κ2) is 5.96. The lowest BCUT2D eigenvalue weighted by molar-refractivity contribution is 0.168. The molecule has 0 saturated carbocycles. The predicted octanol–water partition coefficient (Wildman–Crippen LogP) is 3.78. The van der Waals surface area contributed by atoms with E-state index >= 15 is 0 Å². The van der Waals surface area contributed by atoms with Crippen LogP contribution in [0.2, 0.25) is 0 Å². The molecular formula is C15H14FNO. The first kappa shape index (κ1) is 12.3. The number of amides is 1. The number of benzene rings is 2. The lowest BCUT2D eigenvalue weighted by Crippen LogP contribution is -2.25. The number of carbonyl (C=O) groups excluding carboxylic acids is 1. The molecule has 18 heavy (non-hydrogen) atoms. The van der Waals surface area contributed by atoms with Crippen molar-refractivity contribution in [2.24, 2.45) is 0 Å². The van der Waals surface area contributed by atoms with Gasteiger partial charge in [0.05, 0.1) is 0 Å². The zero-order valence-electron chi connectivity index (χ0n) is 9.92. The monoisotopic (exact) mass is 243 g/mol. The largest absolute Gasteiger partial charge is 0.400 e. The van der Waals surface area contributed by atoms with Crippen LogP contribution >= 0.6 is 0 Å². The Hall–Kier alpha value is -2.16. The van der Waals surface area contributed by atoms with Gasteiger partial charge in [0.1, 0.15) is 0 Å². The third-order valence-corrected chi connectivity index (χ3v) is 2.68. The Bertz CT molecular complexity index is 457. The van der Waals surface area contributed by atoms with Crippen molar-refractivity contribution in [3.63, 3.8) is 0 Å². The topological polar surface area (TPSA) is 20.3 Å². The first-order valence-electron chi connectivity index (χ1n) is 5.78. The molecule has 1 amide bonds. The molecule has 2 rings (SSSR count). The summed E-state index contributed by atoms with van der Waals surface area (Å²) in [6, 6.07) is 18.8. The van der Waals surface area contributed by atoms with E-state index in [-0.39, 0.29) is 13.1 Å². The molecule has 0 aliphatic rings. The molecular weight excluding hydrogens is 229 g/mol. The molecule has 0 spiro atoms. The van der Waals surface area contributed by atoms with E-state index in [1.54, 1.807) is 0 Å². The van der Waals surface area contributed by atoms with Crippen LogP contribution in [0.3, 0.4) is 0 Å². The number of carbonyl (C=O) groups is 1. The molecule has 0 aliphatic carbocycles. The fourth-order valence-electron chi connectivity index (χ4n) is 1.79.